The average Bonchev–Trinajstić information content (AvgIpc) is 2.50. The molecule has 0 radical (unpaired) electrons. The van der Waals surface area contributed by atoms with E-state index in [0.717, 1.165) is 5.56 Å². The number of nitrogens with one attached hydrogen (secondary N) is 2. The minimum atomic E-state index is -0.196. The van der Waals surface area contributed by atoms with E-state index in [9.17, 15) is 4.79 Å². The number of urea groups is 1. The Labute approximate surface area is 94.9 Å². The molecule has 0 bridgehead atoms. The molecule has 0 spiro atoms. The molecule has 4 heteroatoms. The molecule has 1 heterocycles. The fraction of sp³-hybridized carbons (Fsp3) is 0.545. The quantitative estimate of drug-likeness (QED) is 0.800. The van der Waals surface area contributed by atoms with Gasteiger partial charge < -0.3 is 10.6 Å². The lowest BCUT2D eigenvalue weighted by Crippen LogP contribution is -2.46. The molecule has 3 nitrogen and oxygen atoms in total. The topological polar surface area (TPSA) is 41.1 Å². The first-order chi connectivity index (χ1) is 6.88. The summed E-state index contributed by atoms with van der Waals surface area (Å²) in [6.45, 7) is 7.86. The summed E-state index contributed by atoms with van der Waals surface area (Å²) >= 11 is 1.64. The second-order valence-electron chi connectivity index (χ2n) is 4.63. The van der Waals surface area contributed by atoms with Crippen molar-refractivity contribution in [2.75, 3.05) is 0 Å². The van der Waals surface area contributed by atoms with Crippen LogP contribution in [0.25, 0.3) is 0 Å². The largest absolute Gasteiger partial charge is 0.334 e. The van der Waals surface area contributed by atoms with Crippen molar-refractivity contribution >= 4 is 17.4 Å². The first-order valence-corrected chi connectivity index (χ1v) is 5.93. The van der Waals surface area contributed by atoms with E-state index in [2.05, 4.69) is 10.6 Å². The Balaban J connectivity index is 2.45. The van der Waals surface area contributed by atoms with E-state index in [-0.39, 0.29) is 17.6 Å². The van der Waals surface area contributed by atoms with Crippen molar-refractivity contribution < 1.29 is 4.79 Å². The zero-order chi connectivity index (χ0) is 11.5. The van der Waals surface area contributed by atoms with Crippen molar-refractivity contribution in [3.05, 3.63) is 22.4 Å². The molecule has 1 rings (SSSR count). The van der Waals surface area contributed by atoms with Gasteiger partial charge in [0, 0.05) is 5.54 Å². The van der Waals surface area contributed by atoms with Crippen LogP contribution in [0, 0.1) is 0 Å². The van der Waals surface area contributed by atoms with Crippen molar-refractivity contribution in [2.24, 2.45) is 0 Å². The summed E-state index contributed by atoms with van der Waals surface area (Å²) in [6, 6.07) is 1.95. The Bertz CT molecular complexity index is 314. The zero-order valence-corrected chi connectivity index (χ0v) is 10.4. The Kier molecular flexibility index (Phi) is 3.74. The van der Waals surface area contributed by atoms with Gasteiger partial charge in [0.15, 0.2) is 0 Å². The number of hydrogen-bond donors (Lipinski definition) is 2. The predicted octanol–water partition coefficient (Wildman–Crippen LogP) is 2.91. The van der Waals surface area contributed by atoms with Crippen molar-refractivity contribution in [1.29, 1.82) is 0 Å². The highest BCUT2D eigenvalue weighted by molar-refractivity contribution is 7.07. The lowest BCUT2D eigenvalue weighted by Gasteiger charge is -2.22. The van der Waals surface area contributed by atoms with Gasteiger partial charge in [-0.15, -0.1) is 0 Å². The van der Waals surface area contributed by atoms with Crippen molar-refractivity contribution in [2.45, 2.75) is 39.3 Å². The smallest absolute Gasteiger partial charge is 0.315 e. The minimum Gasteiger partial charge on any atom is -0.334 e. The Morgan fingerprint density at radius 1 is 1.47 bits per heavy atom. The molecule has 15 heavy (non-hydrogen) atoms. The highest BCUT2D eigenvalue weighted by Crippen LogP contribution is 2.15. The van der Waals surface area contributed by atoms with Crippen LogP contribution in [-0.2, 0) is 0 Å². The lowest BCUT2D eigenvalue weighted by atomic mass is 10.1. The number of hydrogen-bond acceptors (Lipinski definition) is 2. The van der Waals surface area contributed by atoms with E-state index in [0.29, 0.717) is 0 Å². The number of rotatable bonds is 2. The Morgan fingerprint density at radius 2 is 2.13 bits per heavy atom. The minimum absolute atomic E-state index is 0.0543. The van der Waals surface area contributed by atoms with Crippen molar-refractivity contribution in [3.8, 4) is 0 Å². The van der Waals surface area contributed by atoms with E-state index in [1.54, 1.807) is 11.3 Å². The monoisotopic (exact) mass is 226 g/mol. The van der Waals surface area contributed by atoms with Crippen LogP contribution in [0.4, 0.5) is 4.79 Å². The molecule has 0 aliphatic rings. The molecule has 2 amide bonds. The Morgan fingerprint density at radius 3 is 2.60 bits per heavy atom. The first kappa shape index (κ1) is 12.0. The maximum atomic E-state index is 11.5. The van der Waals surface area contributed by atoms with E-state index in [4.69, 9.17) is 0 Å². The molecule has 0 saturated heterocycles. The summed E-state index contributed by atoms with van der Waals surface area (Å²) in [5, 5.41) is 9.81. The molecule has 1 atom stereocenters. The maximum Gasteiger partial charge on any atom is 0.315 e. The van der Waals surface area contributed by atoms with E-state index < -0.39 is 0 Å². The van der Waals surface area contributed by atoms with Gasteiger partial charge >= 0.3 is 6.03 Å². The van der Waals surface area contributed by atoms with E-state index >= 15 is 0 Å². The third kappa shape index (κ3) is 4.34. The molecule has 0 aliphatic heterocycles. The molecular weight excluding hydrogens is 208 g/mol. The predicted molar refractivity (Wildman–Crippen MR) is 64.2 cm³/mol. The van der Waals surface area contributed by atoms with Crippen LogP contribution in [0.5, 0.6) is 0 Å². The summed E-state index contributed by atoms with van der Waals surface area (Å²) in [7, 11) is 0. The van der Waals surface area contributed by atoms with Crippen LogP contribution >= 0.6 is 11.3 Å². The molecule has 1 aromatic rings. The van der Waals surface area contributed by atoms with Gasteiger partial charge in [-0.05, 0) is 50.1 Å². The third-order valence-corrected chi connectivity index (χ3v) is 2.58. The SMILES string of the molecule is CC(NC(=O)NC(C)(C)C)c1ccsc1. The van der Waals surface area contributed by atoms with Gasteiger partial charge in [-0.25, -0.2) is 4.79 Å². The lowest BCUT2D eigenvalue weighted by molar-refractivity contribution is 0.229. The van der Waals surface area contributed by atoms with Gasteiger partial charge in [0.2, 0.25) is 0 Å². The summed E-state index contributed by atoms with van der Waals surface area (Å²) in [5.74, 6) is 0. The highest BCUT2D eigenvalue weighted by Gasteiger charge is 2.15. The molecule has 0 fully saturated rings. The second-order valence-corrected chi connectivity index (χ2v) is 5.41. The average molecular weight is 226 g/mol. The van der Waals surface area contributed by atoms with Crippen LogP contribution in [0.15, 0.2) is 16.8 Å². The molecular formula is C11H18N2OS. The van der Waals surface area contributed by atoms with Crippen LogP contribution in [0.1, 0.15) is 39.3 Å². The number of thiophene rings is 1. The fourth-order valence-corrected chi connectivity index (χ4v) is 1.93. The van der Waals surface area contributed by atoms with Crippen LogP contribution in [-0.4, -0.2) is 11.6 Å². The molecule has 0 aromatic carbocycles. The fourth-order valence-electron chi connectivity index (χ4n) is 1.18. The van der Waals surface area contributed by atoms with Crippen molar-refractivity contribution in [1.82, 2.24) is 10.6 Å². The summed E-state index contributed by atoms with van der Waals surface area (Å²) in [4.78, 5) is 11.5. The number of carbonyl (C=O) groups excluding carboxylic acids is 1. The van der Waals surface area contributed by atoms with Crippen LogP contribution in [0.3, 0.4) is 0 Å². The number of amides is 2. The molecule has 1 aromatic heterocycles. The maximum absolute atomic E-state index is 11.5. The summed E-state index contributed by atoms with van der Waals surface area (Å²) in [5.41, 5.74) is 0.947. The first-order valence-electron chi connectivity index (χ1n) is 4.99. The number of carbonyl (C=O) groups is 1. The van der Waals surface area contributed by atoms with Crippen LogP contribution in [0.2, 0.25) is 0 Å². The van der Waals surface area contributed by atoms with Gasteiger partial charge in [0.25, 0.3) is 0 Å². The second kappa shape index (κ2) is 4.66. The van der Waals surface area contributed by atoms with Gasteiger partial charge in [-0.3, -0.25) is 0 Å². The summed E-state index contributed by atoms with van der Waals surface area (Å²) in [6.07, 6.45) is 0. The van der Waals surface area contributed by atoms with Gasteiger partial charge in [-0.2, -0.15) is 11.3 Å². The van der Waals surface area contributed by atoms with Gasteiger partial charge in [0.1, 0.15) is 0 Å². The van der Waals surface area contributed by atoms with Gasteiger partial charge in [-0.1, -0.05) is 0 Å². The molecule has 84 valence electrons. The molecule has 1 unspecified atom stereocenters. The van der Waals surface area contributed by atoms with E-state index in [1.165, 1.54) is 0 Å². The van der Waals surface area contributed by atoms with E-state index in [1.807, 2.05) is 44.5 Å². The normalized spacial score (nSPS) is 13.3. The molecule has 2 N–H and O–H groups in total. The van der Waals surface area contributed by atoms with Gasteiger partial charge in [0.05, 0.1) is 6.04 Å². The van der Waals surface area contributed by atoms with Crippen molar-refractivity contribution in [3.63, 3.8) is 0 Å². The van der Waals surface area contributed by atoms with Crippen LogP contribution < -0.4 is 10.6 Å². The zero-order valence-electron chi connectivity index (χ0n) is 9.63. The molecule has 0 saturated carbocycles. The standard InChI is InChI=1S/C11H18N2OS/c1-8(9-5-6-15-7-9)12-10(14)13-11(2,3)4/h5-8H,1-4H3,(H2,12,13,14). The summed E-state index contributed by atoms with van der Waals surface area (Å²) < 4.78 is 0. The third-order valence-electron chi connectivity index (χ3n) is 1.88. The molecule has 0 aliphatic carbocycles. The highest BCUT2D eigenvalue weighted by atomic mass is 32.1. The Hall–Kier alpha value is -1.03.